The van der Waals surface area contributed by atoms with Crippen molar-refractivity contribution in [3.8, 4) is 0 Å². The predicted molar refractivity (Wildman–Crippen MR) is 108 cm³/mol. The average molecular weight is 376 g/mol. The largest absolute Gasteiger partial charge is 0.467 e. The monoisotopic (exact) mass is 376 g/mol. The minimum absolute atomic E-state index is 0.0654. The molecular weight excluding hydrogens is 352 g/mol. The summed E-state index contributed by atoms with van der Waals surface area (Å²) in [7, 11) is 1.60. The van der Waals surface area contributed by atoms with Crippen LogP contribution in [0.3, 0.4) is 0 Å². The number of hydrogen-bond donors (Lipinski definition) is 1. The quantitative estimate of drug-likeness (QED) is 0.650. The smallest absolute Gasteiger partial charge is 0.251 e. The molecule has 144 valence electrons. The first-order chi connectivity index (χ1) is 13.7. The molecule has 0 bridgehead atoms. The topological polar surface area (TPSA) is 62.6 Å². The van der Waals surface area contributed by atoms with Gasteiger partial charge in [-0.2, -0.15) is 0 Å². The number of nitrogens with zero attached hydrogens (tertiary/aromatic N) is 1. The molecule has 3 aromatic rings. The van der Waals surface area contributed by atoms with Gasteiger partial charge in [0.15, 0.2) is 0 Å². The van der Waals surface area contributed by atoms with Gasteiger partial charge in [0.05, 0.1) is 12.8 Å². The maximum atomic E-state index is 12.9. The Labute approximate surface area is 165 Å². The molecule has 0 atom stereocenters. The van der Waals surface area contributed by atoms with Gasteiger partial charge in [-0.15, -0.1) is 0 Å². The molecule has 0 saturated carbocycles. The van der Waals surface area contributed by atoms with E-state index in [-0.39, 0.29) is 11.8 Å². The normalized spacial score (nSPS) is 10.5. The van der Waals surface area contributed by atoms with Crippen LogP contribution in [0.5, 0.6) is 0 Å². The molecule has 0 spiro atoms. The third-order valence-electron chi connectivity index (χ3n) is 4.57. The fourth-order valence-electron chi connectivity index (χ4n) is 3.00. The number of nitrogens with one attached hydrogen (secondary N) is 1. The molecule has 0 radical (unpaired) electrons. The van der Waals surface area contributed by atoms with Crippen LogP contribution in [0.25, 0.3) is 0 Å². The lowest BCUT2D eigenvalue weighted by atomic mass is 10.1. The Morgan fingerprint density at radius 3 is 2.29 bits per heavy atom. The highest BCUT2D eigenvalue weighted by atomic mass is 16.3. The standard InChI is InChI=1S/C23H24N2O3/c1-24-23(27)20-12-9-19(10-13-20)16-25(17-21-8-5-15-28-21)22(26)14-11-18-6-3-2-4-7-18/h2-10,12-13,15H,11,14,16-17H2,1H3,(H,24,27). The van der Waals surface area contributed by atoms with Crippen molar-refractivity contribution >= 4 is 11.8 Å². The third-order valence-corrected chi connectivity index (χ3v) is 4.57. The highest BCUT2D eigenvalue weighted by Crippen LogP contribution is 2.14. The van der Waals surface area contributed by atoms with Crippen LogP contribution >= 0.6 is 0 Å². The van der Waals surface area contributed by atoms with Crippen molar-refractivity contribution in [3.63, 3.8) is 0 Å². The van der Waals surface area contributed by atoms with Gasteiger partial charge in [-0.3, -0.25) is 9.59 Å². The van der Waals surface area contributed by atoms with Crippen LogP contribution < -0.4 is 5.32 Å². The first-order valence-corrected chi connectivity index (χ1v) is 9.31. The predicted octanol–water partition coefficient (Wildman–Crippen LogP) is 3.80. The van der Waals surface area contributed by atoms with Crippen molar-refractivity contribution < 1.29 is 14.0 Å². The van der Waals surface area contributed by atoms with Crippen molar-refractivity contribution in [3.05, 3.63) is 95.4 Å². The molecule has 28 heavy (non-hydrogen) atoms. The van der Waals surface area contributed by atoms with Crippen molar-refractivity contribution in [1.29, 1.82) is 0 Å². The van der Waals surface area contributed by atoms with E-state index >= 15 is 0 Å². The summed E-state index contributed by atoms with van der Waals surface area (Å²) in [5, 5.41) is 2.61. The molecule has 1 aromatic heterocycles. The van der Waals surface area contributed by atoms with Crippen molar-refractivity contribution in [2.75, 3.05) is 7.05 Å². The molecular formula is C23H24N2O3. The maximum absolute atomic E-state index is 12.9. The van der Waals surface area contributed by atoms with Gasteiger partial charge in [0.2, 0.25) is 5.91 Å². The van der Waals surface area contributed by atoms with E-state index in [1.807, 2.05) is 54.6 Å². The lowest BCUT2D eigenvalue weighted by molar-refractivity contribution is -0.132. The summed E-state index contributed by atoms with van der Waals surface area (Å²) in [6.07, 6.45) is 2.74. The molecule has 1 heterocycles. The van der Waals surface area contributed by atoms with Gasteiger partial charge in [0, 0.05) is 25.6 Å². The number of rotatable bonds is 8. The Bertz CT molecular complexity index is 887. The Kier molecular flexibility index (Phi) is 6.63. The van der Waals surface area contributed by atoms with E-state index in [0.717, 1.165) is 16.9 Å². The molecule has 2 amide bonds. The number of aryl methyl sites for hydroxylation is 1. The SMILES string of the molecule is CNC(=O)c1ccc(CN(Cc2ccco2)C(=O)CCc2ccccc2)cc1. The minimum Gasteiger partial charge on any atom is -0.467 e. The van der Waals surface area contributed by atoms with Gasteiger partial charge in [-0.05, 0) is 41.8 Å². The van der Waals surface area contributed by atoms with E-state index in [9.17, 15) is 9.59 Å². The molecule has 5 heteroatoms. The zero-order valence-electron chi connectivity index (χ0n) is 15.9. The lowest BCUT2D eigenvalue weighted by Crippen LogP contribution is -2.30. The zero-order chi connectivity index (χ0) is 19.8. The van der Waals surface area contributed by atoms with Crippen LogP contribution in [0.1, 0.15) is 33.7 Å². The highest BCUT2D eigenvalue weighted by molar-refractivity contribution is 5.93. The van der Waals surface area contributed by atoms with Gasteiger partial charge >= 0.3 is 0 Å². The van der Waals surface area contributed by atoms with E-state index in [4.69, 9.17) is 4.42 Å². The first-order valence-electron chi connectivity index (χ1n) is 9.31. The van der Waals surface area contributed by atoms with Gasteiger partial charge in [-0.1, -0.05) is 42.5 Å². The molecule has 0 aliphatic rings. The summed E-state index contributed by atoms with van der Waals surface area (Å²) in [5.74, 6) is 0.684. The number of carbonyl (C=O) groups is 2. The van der Waals surface area contributed by atoms with Crippen LogP contribution in [0, 0.1) is 0 Å². The fraction of sp³-hybridized carbons (Fsp3) is 0.217. The molecule has 0 aliphatic heterocycles. The van der Waals surface area contributed by atoms with Crippen LogP contribution in [-0.4, -0.2) is 23.8 Å². The minimum atomic E-state index is -0.127. The molecule has 0 fully saturated rings. The van der Waals surface area contributed by atoms with Crippen LogP contribution in [0.4, 0.5) is 0 Å². The second kappa shape index (κ2) is 9.55. The summed E-state index contributed by atoms with van der Waals surface area (Å²) in [6.45, 7) is 0.875. The van der Waals surface area contributed by atoms with Crippen LogP contribution in [0.2, 0.25) is 0 Å². The summed E-state index contributed by atoms with van der Waals surface area (Å²) < 4.78 is 5.43. The fourth-order valence-corrected chi connectivity index (χ4v) is 3.00. The Morgan fingerprint density at radius 1 is 0.893 bits per heavy atom. The Balaban J connectivity index is 1.69. The van der Waals surface area contributed by atoms with Gasteiger partial charge < -0.3 is 14.6 Å². The lowest BCUT2D eigenvalue weighted by Gasteiger charge is -2.22. The second-order valence-electron chi connectivity index (χ2n) is 6.59. The van der Waals surface area contributed by atoms with E-state index in [2.05, 4.69) is 5.32 Å². The number of furan rings is 1. The summed E-state index contributed by atoms with van der Waals surface area (Å²) in [5.41, 5.74) is 2.70. The van der Waals surface area contributed by atoms with Gasteiger partial charge in [-0.25, -0.2) is 0 Å². The van der Waals surface area contributed by atoms with Crippen molar-refractivity contribution in [2.45, 2.75) is 25.9 Å². The van der Waals surface area contributed by atoms with Crippen molar-refractivity contribution in [2.24, 2.45) is 0 Å². The second-order valence-corrected chi connectivity index (χ2v) is 6.59. The maximum Gasteiger partial charge on any atom is 0.251 e. The van der Waals surface area contributed by atoms with E-state index in [1.165, 1.54) is 0 Å². The summed E-state index contributed by atoms with van der Waals surface area (Å²) in [4.78, 5) is 26.4. The zero-order valence-corrected chi connectivity index (χ0v) is 15.9. The molecule has 5 nitrogen and oxygen atoms in total. The Morgan fingerprint density at radius 2 is 1.64 bits per heavy atom. The van der Waals surface area contributed by atoms with Crippen LogP contribution in [0.15, 0.2) is 77.4 Å². The van der Waals surface area contributed by atoms with Gasteiger partial charge in [0.25, 0.3) is 5.91 Å². The van der Waals surface area contributed by atoms with E-state index in [0.29, 0.717) is 31.5 Å². The molecule has 0 aliphatic carbocycles. The molecule has 1 N–H and O–H groups in total. The summed E-state index contributed by atoms with van der Waals surface area (Å²) >= 11 is 0. The molecule has 0 unspecified atom stereocenters. The van der Waals surface area contributed by atoms with E-state index < -0.39 is 0 Å². The van der Waals surface area contributed by atoms with Crippen LogP contribution in [-0.2, 0) is 24.3 Å². The molecule has 2 aromatic carbocycles. The molecule has 0 saturated heterocycles. The van der Waals surface area contributed by atoms with Gasteiger partial charge in [0.1, 0.15) is 5.76 Å². The van der Waals surface area contributed by atoms with Crippen molar-refractivity contribution in [1.82, 2.24) is 10.2 Å². The highest BCUT2D eigenvalue weighted by Gasteiger charge is 2.16. The average Bonchev–Trinajstić information content (AvgIpc) is 3.25. The number of hydrogen-bond acceptors (Lipinski definition) is 3. The molecule has 3 rings (SSSR count). The summed E-state index contributed by atoms with van der Waals surface area (Å²) in [6, 6.07) is 21.0. The number of benzene rings is 2. The van der Waals surface area contributed by atoms with E-state index in [1.54, 1.807) is 30.3 Å². The number of amides is 2. The third kappa shape index (κ3) is 5.33. The first kappa shape index (κ1) is 19.4. The number of carbonyl (C=O) groups excluding carboxylic acids is 2. The Hall–Kier alpha value is -3.34.